The van der Waals surface area contributed by atoms with Crippen LogP contribution < -0.4 is 4.74 Å². The number of carbonyl (C=O) groups is 1. The number of carbonyl (C=O) groups excluding carboxylic acids is 1. The van der Waals surface area contributed by atoms with Crippen LogP contribution in [0.25, 0.3) is 0 Å². The zero-order chi connectivity index (χ0) is 10.4. The van der Waals surface area contributed by atoms with Crippen LogP contribution in [0.3, 0.4) is 0 Å². The molecular formula is C10H9NO3. The Bertz CT molecular complexity index is 390. The summed E-state index contributed by atoms with van der Waals surface area (Å²) < 4.78 is 9.39. The minimum Gasteiger partial charge on any atom is -0.495 e. The van der Waals surface area contributed by atoms with E-state index in [2.05, 4.69) is 21.6 Å². The summed E-state index contributed by atoms with van der Waals surface area (Å²) in [5.41, 5.74) is 0.556. The normalized spacial score (nSPS) is 8.43. The molecule has 1 rings (SSSR count). The summed E-state index contributed by atoms with van der Waals surface area (Å²) in [4.78, 5) is 14.6. The highest BCUT2D eigenvalue weighted by atomic mass is 16.5. The molecule has 0 radical (unpaired) electrons. The molecule has 1 aromatic rings. The molecule has 0 atom stereocenters. The zero-order valence-electron chi connectivity index (χ0n) is 7.90. The summed E-state index contributed by atoms with van der Waals surface area (Å²) in [7, 11) is 2.80. The number of esters is 1. The topological polar surface area (TPSA) is 48.4 Å². The van der Waals surface area contributed by atoms with Crippen LogP contribution in [0, 0.1) is 11.8 Å². The van der Waals surface area contributed by atoms with Gasteiger partial charge in [-0.15, -0.1) is 0 Å². The molecule has 0 fully saturated rings. The second kappa shape index (κ2) is 4.87. The van der Waals surface area contributed by atoms with E-state index in [1.165, 1.54) is 20.4 Å². The van der Waals surface area contributed by atoms with Crippen molar-refractivity contribution >= 4 is 5.97 Å². The highest BCUT2D eigenvalue weighted by Gasteiger charge is 1.98. The predicted octanol–water partition coefficient (Wildman–Crippen LogP) is 0.615. The number of ether oxygens (including phenoxy) is 2. The van der Waals surface area contributed by atoms with Crippen LogP contribution in [0.1, 0.15) is 5.56 Å². The van der Waals surface area contributed by atoms with E-state index in [0.29, 0.717) is 11.3 Å². The molecule has 4 heteroatoms. The van der Waals surface area contributed by atoms with E-state index in [4.69, 9.17) is 4.74 Å². The summed E-state index contributed by atoms with van der Waals surface area (Å²) in [6, 6.07) is 1.67. The summed E-state index contributed by atoms with van der Waals surface area (Å²) in [6.45, 7) is 0. The summed E-state index contributed by atoms with van der Waals surface area (Å²) in [5, 5.41) is 0. The molecule has 0 aliphatic rings. The smallest absolute Gasteiger partial charge is 0.384 e. The number of hydrogen-bond donors (Lipinski definition) is 0. The van der Waals surface area contributed by atoms with E-state index in [-0.39, 0.29) is 0 Å². The van der Waals surface area contributed by atoms with Crippen LogP contribution in [0.2, 0.25) is 0 Å². The largest absolute Gasteiger partial charge is 0.495 e. The van der Waals surface area contributed by atoms with Gasteiger partial charge in [-0.3, -0.25) is 4.98 Å². The molecule has 4 nitrogen and oxygen atoms in total. The molecule has 0 unspecified atom stereocenters. The monoisotopic (exact) mass is 191 g/mol. The summed E-state index contributed by atoms with van der Waals surface area (Å²) in [5.74, 6) is 4.89. The molecule has 72 valence electrons. The van der Waals surface area contributed by atoms with E-state index in [1.807, 2.05) is 0 Å². The first-order valence-corrected chi connectivity index (χ1v) is 3.86. The van der Waals surface area contributed by atoms with Crippen LogP contribution in [0.15, 0.2) is 18.5 Å². The van der Waals surface area contributed by atoms with E-state index >= 15 is 0 Å². The molecule has 1 heterocycles. The molecule has 0 saturated carbocycles. The van der Waals surface area contributed by atoms with Crippen molar-refractivity contribution in [2.24, 2.45) is 0 Å². The highest BCUT2D eigenvalue weighted by Crippen LogP contribution is 2.13. The molecule has 0 spiro atoms. The second-order valence-corrected chi connectivity index (χ2v) is 2.32. The standard InChI is InChI=1S/C10H9NO3/c1-13-9-5-6-11-7-8(9)3-4-10(12)14-2/h5-7H,1-2H3. The Morgan fingerprint density at radius 1 is 1.50 bits per heavy atom. The van der Waals surface area contributed by atoms with Crippen molar-refractivity contribution in [2.45, 2.75) is 0 Å². The van der Waals surface area contributed by atoms with E-state index in [0.717, 1.165) is 0 Å². The zero-order valence-corrected chi connectivity index (χ0v) is 7.90. The molecule has 0 aromatic carbocycles. The molecule has 0 saturated heterocycles. The summed E-state index contributed by atoms with van der Waals surface area (Å²) >= 11 is 0. The molecule has 1 aromatic heterocycles. The Morgan fingerprint density at radius 2 is 2.29 bits per heavy atom. The fourth-order valence-electron chi connectivity index (χ4n) is 0.823. The van der Waals surface area contributed by atoms with Crippen LogP contribution >= 0.6 is 0 Å². The van der Waals surface area contributed by atoms with Gasteiger partial charge in [0.05, 0.1) is 19.8 Å². The lowest BCUT2D eigenvalue weighted by molar-refractivity contribution is -0.133. The number of methoxy groups -OCH3 is 2. The first-order valence-electron chi connectivity index (χ1n) is 3.86. The van der Waals surface area contributed by atoms with Gasteiger partial charge in [-0.2, -0.15) is 0 Å². The Hall–Kier alpha value is -2.02. The molecule has 0 N–H and O–H groups in total. The highest BCUT2D eigenvalue weighted by molar-refractivity contribution is 5.89. The van der Waals surface area contributed by atoms with Crippen molar-refractivity contribution in [3.05, 3.63) is 24.0 Å². The van der Waals surface area contributed by atoms with Gasteiger partial charge < -0.3 is 9.47 Å². The third kappa shape index (κ3) is 2.49. The second-order valence-electron chi connectivity index (χ2n) is 2.32. The van der Waals surface area contributed by atoms with Gasteiger partial charge in [-0.25, -0.2) is 4.79 Å². The molecule has 0 amide bonds. The van der Waals surface area contributed by atoms with E-state index in [9.17, 15) is 4.79 Å². The van der Waals surface area contributed by atoms with Gasteiger partial charge in [0.15, 0.2) is 0 Å². The van der Waals surface area contributed by atoms with Crippen molar-refractivity contribution in [3.63, 3.8) is 0 Å². The van der Waals surface area contributed by atoms with Crippen LogP contribution in [0.4, 0.5) is 0 Å². The minimum absolute atomic E-state index is 0.556. The molecule has 0 aliphatic carbocycles. The van der Waals surface area contributed by atoms with Gasteiger partial charge in [-0.05, 0) is 12.0 Å². The van der Waals surface area contributed by atoms with Gasteiger partial charge in [0.1, 0.15) is 5.75 Å². The summed E-state index contributed by atoms with van der Waals surface area (Å²) in [6.07, 6.45) is 3.11. The Kier molecular flexibility index (Phi) is 3.50. The van der Waals surface area contributed by atoms with E-state index in [1.54, 1.807) is 12.3 Å². The van der Waals surface area contributed by atoms with Crippen LogP contribution in [-0.4, -0.2) is 25.2 Å². The lowest BCUT2D eigenvalue weighted by atomic mass is 10.2. The van der Waals surface area contributed by atoms with Gasteiger partial charge in [0, 0.05) is 18.3 Å². The van der Waals surface area contributed by atoms with Gasteiger partial charge in [0.2, 0.25) is 0 Å². The van der Waals surface area contributed by atoms with Gasteiger partial charge in [0.25, 0.3) is 0 Å². The lowest BCUT2D eigenvalue weighted by Gasteiger charge is -1.99. The Balaban J connectivity index is 2.94. The Labute approximate surface area is 81.9 Å². The average Bonchev–Trinajstić information content (AvgIpc) is 2.26. The van der Waals surface area contributed by atoms with Crippen LogP contribution in [0.5, 0.6) is 5.75 Å². The maximum atomic E-state index is 10.7. The first-order chi connectivity index (χ1) is 6.77. The van der Waals surface area contributed by atoms with Crippen LogP contribution in [-0.2, 0) is 9.53 Å². The number of rotatable bonds is 1. The molecule has 0 bridgehead atoms. The van der Waals surface area contributed by atoms with Crippen molar-refractivity contribution in [1.29, 1.82) is 0 Å². The number of pyridine rings is 1. The van der Waals surface area contributed by atoms with Gasteiger partial charge >= 0.3 is 5.97 Å². The van der Waals surface area contributed by atoms with Crippen molar-refractivity contribution in [3.8, 4) is 17.6 Å². The van der Waals surface area contributed by atoms with Crippen molar-refractivity contribution < 1.29 is 14.3 Å². The number of hydrogen-bond acceptors (Lipinski definition) is 4. The number of aromatic nitrogens is 1. The lowest BCUT2D eigenvalue weighted by Crippen LogP contribution is -1.95. The maximum absolute atomic E-state index is 10.7. The molecular weight excluding hydrogens is 182 g/mol. The minimum atomic E-state index is -0.587. The fourth-order valence-corrected chi connectivity index (χ4v) is 0.823. The Morgan fingerprint density at radius 3 is 2.93 bits per heavy atom. The third-order valence-electron chi connectivity index (χ3n) is 1.49. The SMILES string of the molecule is COC(=O)C#Cc1cnccc1OC. The predicted molar refractivity (Wildman–Crippen MR) is 49.7 cm³/mol. The van der Waals surface area contributed by atoms with Crippen molar-refractivity contribution in [1.82, 2.24) is 4.98 Å². The molecule has 0 aliphatic heterocycles. The fraction of sp³-hybridized carbons (Fsp3) is 0.200. The quantitative estimate of drug-likeness (QED) is 0.482. The average molecular weight is 191 g/mol. The van der Waals surface area contributed by atoms with E-state index < -0.39 is 5.97 Å². The third-order valence-corrected chi connectivity index (χ3v) is 1.49. The number of nitrogens with zero attached hydrogens (tertiary/aromatic N) is 1. The molecule has 14 heavy (non-hydrogen) atoms. The van der Waals surface area contributed by atoms with Gasteiger partial charge in [-0.1, -0.05) is 0 Å². The first kappa shape index (κ1) is 10.1. The van der Waals surface area contributed by atoms with Crippen molar-refractivity contribution in [2.75, 3.05) is 14.2 Å². The maximum Gasteiger partial charge on any atom is 0.384 e.